The van der Waals surface area contributed by atoms with E-state index in [2.05, 4.69) is 26.1 Å². The van der Waals surface area contributed by atoms with Gasteiger partial charge in [0.2, 0.25) is 0 Å². The molecule has 0 aromatic rings. The summed E-state index contributed by atoms with van der Waals surface area (Å²) in [4.78, 5) is 0. The predicted molar refractivity (Wildman–Crippen MR) is 47.3 cm³/mol. The molecule has 0 spiro atoms. The molecule has 0 bridgehead atoms. The smallest absolute Gasteiger partial charge is 0.00386 e. The number of unbranched alkanes of at least 4 members (excludes halogenated alkanes) is 2. The van der Waals surface area contributed by atoms with E-state index in [4.69, 9.17) is 0 Å². The lowest BCUT2D eigenvalue weighted by Crippen LogP contribution is -2.25. The minimum absolute atomic E-state index is 0.719. The zero-order valence-electron chi connectivity index (χ0n) is 7.61. The van der Waals surface area contributed by atoms with Crippen LogP contribution in [0.15, 0.2) is 0 Å². The summed E-state index contributed by atoms with van der Waals surface area (Å²) in [5.74, 6) is 0. The highest BCUT2D eigenvalue weighted by molar-refractivity contribution is 4.57. The van der Waals surface area contributed by atoms with Crippen LogP contribution < -0.4 is 5.32 Å². The van der Waals surface area contributed by atoms with Gasteiger partial charge in [0.25, 0.3) is 0 Å². The molecule has 1 N–H and O–H groups in total. The molecule has 0 fully saturated rings. The number of nitrogens with one attached hydrogen (secondary N) is 1. The fraction of sp³-hybridized carbons (Fsp3) is 1.00. The van der Waals surface area contributed by atoms with Crippen LogP contribution in [0.25, 0.3) is 0 Å². The van der Waals surface area contributed by atoms with Gasteiger partial charge in [-0.1, -0.05) is 33.1 Å². The van der Waals surface area contributed by atoms with Gasteiger partial charge in [-0.2, -0.15) is 0 Å². The highest BCUT2D eigenvalue weighted by atomic mass is 14.9. The van der Waals surface area contributed by atoms with E-state index in [1.54, 1.807) is 0 Å². The fourth-order valence-electron chi connectivity index (χ4n) is 1.15. The Morgan fingerprint density at radius 2 is 1.90 bits per heavy atom. The monoisotopic (exact) mass is 143 g/mol. The van der Waals surface area contributed by atoms with Crippen molar-refractivity contribution in [1.82, 2.24) is 5.32 Å². The molecule has 0 aliphatic carbocycles. The van der Waals surface area contributed by atoms with Crippen molar-refractivity contribution in [3.63, 3.8) is 0 Å². The summed E-state index contributed by atoms with van der Waals surface area (Å²) in [6, 6.07) is 0.719. The molecule has 0 aliphatic rings. The van der Waals surface area contributed by atoms with Crippen LogP contribution in [-0.2, 0) is 0 Å². The summed E-state index contributed by atoms with van der Waals surface area (Å²) in [5.41, 5.74) is 0. The topological polar surface area (TPSA) is 12.0 Å². The maximum absolute atomic E-state index is 3.40. The molecule has 1 heteroatoms. The van der Waals surface area contributed by atoms with Crippen molar-refractivity contribution >= 4 is 0 Å². The largest absolute Gasteiger partial charge is 0.315 e. The molecule has 0 rings (SSSR count). The van der Waals surface area contributed by atoms with Gasteiger partial charge in [-0.05, 0) is 19.9 Å². The van der Waals surface area contributed by atoms with Crippen LogP contribution in [0.2, 0.25) is 0 Å². The van der Waals surface area contributed by atoms with E-state index in [0.717, 1.165) is 12.6 Å². The Hall–Kier alpha value is -0.0400. The van der Waals surface area contributed by atoms with Gasteiger partial charge in [-0.15, -0.1) is 0 Å². The third-order valence-electron chi connectivity index (χ3n) is 1.79. The van der Waals surface area contributed by atoms with Crippen LogP contribution in [0.4, 0.5) is 0 Å². The van der Waals surface area contributed by atoms with E-state index in [9.17, 15) is 0 Å². The highest BCUT2D eigenvalue weighted by Crippen LogP contribution is 2.01. The van der Waals surface area contributed by atoms with Crippen LogP contribution in [0.5, 0.6) is 0 Å². The Balaban J connectivity index is 2.97. The molecule has 0 aromatic heterocycles. The van der Waals surface area contributed by atoms with Gasteiger partial charge in [0.1, 0.15) is 0 Å². The SMILES string of the molecule is CCCCCC(C)NCC. The summed E-state index contributed by atoms with van der Waals surface area (Å²) >= 11 is 0. The van der Waals surface area contributed by atoms with Crippen LogP contribution >= 0.6 is 0 Å². The van der Waals surface area contributed by atoms with E-state index in [1.165, 1.54) is 25.7 Å². The Labute approximate surface area is 65.2 Å². The molecule has 0 aromatic carbocycles. The first-order valence-corrected chi connectivity index (χ1v) is 4.54. The highest BCUT2D eigenvalue weighted by Gasteiger charge is 1.96. The minimum atomic E-state index is 0.719. The zero-order chi connectivity index (χ0) is 7.82. The molecule has 1 nitrogen and oxygen atoms in total. The van der Waals surface area contributed by atoms with Crippen LogP contribution in [0.1, 0.15) is 46.5 Å². The van der Waals surface area contributed by atoms with Gasteiger partial charge in [-0.25, -0.2) is 0 Å². The second-order valence-corrected chi connectivity index (χ2v) is 2.95. The Bertz CT molecular complexity index is 61.7. The predicted octanol–water partition coefficient (Wildman–Crippen LogP) is 2.56. The van der Waals surface area contributed by atoms with Gasteiger partial charge < -0.3 is 5.32 Å². The van der Waals surface area contributed by atoms with Gasteiger partial charge in [0.05, 0.1) is 0 Å². The Morgan fingerprint density at radius 1 is 1.20 bits per heavy atom. The van der Waals surface area contributed by atoms with Crippen molar-refractivity contribution in [2.24, 2.45) is 0 Å². The molecular weight excluding hydrogens is 122 g/mol. The van der Waals surface area contributed by atoms with E-state index in [0.29, 0.717) is 0 Å². The zero-order valence-corrected chi connectivity index (χ0v) is 7.61. The first-order valence-electron chi connectivity index (χ1n) is 4.54. The van der Waals surface area contributed by atoms with Crippen molar-refractivity contribution in [3.8, 4) is 0 Å². The summed E-state index contributed by atoms with van der Waals surface area (Å²) in [6.45, 7) is 7.78. The van der Waals surface area contributed by atoms with E-state index < -0.39 is 0 Å². The number of hydrogen-bond donors (Lipinski definition) is 1. The normalized spacial score (nSPS) is 13.5. The third kappa shape index (κ3) is 6.09. The molecule has 0 radical (unpaired) electrons. The Kier molecular flexibility index (Phi) is 7.04. The second kappa shape index (κ2) is 7.07. The summed E-state index contributed by atoms with van der Waals surface area (Å²) in [6.07, 6.45) is 5.43. The third-order valence-corrected chi connectivity index (χ3v) is 1.79. The molecule has 0 aliphatic heterocycles. The van der Waals surface area contributed by atoms with Crippen molar-refractivity contribution in [1.29, 1.82) is 0 Å². The van der Waals surface area contributed by atoms with E-state index in [1.807, 2.05) is 0 Å². The van der Waals surface area contributed by atoms with Gasteiger partial charge in [0.15, 0.2) is 0 Å². The minimum Gasteiger partial charge on any atom is -0.315 e. The summed E-state index contributed by atoms with van der Waals surface area (Å²) in [5, 5.41) is 3.40. The van der Waals surface area contributed by atoms with Gasteiger partial charge >= 0.3 is 0 Å². The number of rotatable bonds is 6. The number of hydrogen-bond acceptors (Lipinski definition) is 1. The summed E-state index contributed by atoms with van der Waals surface area (Å²) in [7, 11) is 0. The molecule has 62 valence electrons. The first-order chi connectivity index (χ1) is 4.81. The van der Waals surface area contributed by atoms with Crippen LogP contribution in [0.3, 0.4) is 0 Å². The van der Waals surface area contributed by atoms with E-state index >= 15 is 0 Å². The van der Waals surface area contributed by atoms with Crippen molar-refractivity contribution in [2.45, 2.75) is 52.5 Å². The lowest BCUT2D eigenvalue weighted by Gasteiger charge is -2.10. The maximum atomic E-state index is 3.40. The lowest BCUT2D eigenvalue weighted by molar-refractivity contribution is 0.500. The van der Waals surface area contributed by atoms with Crippen molar-refractivity contribution in [2.75, 3.05) is 6.54 Å². The molecule has 10 heavy (non-hydrogen) atoms. The molecule has 0 saturated heterocycles. The molecule has 0 amide bonds. The standard InChI is InChI=1S/C9H21N/c1-4-6-7-8-9(3)10-5-2/h9-10H,4-8H2,1-3H3. The van der Waals surface area contributed by atoms with Crippen LogP contribution in [-0.4, -0.2) is 12.6 Å². The average molecular weight is 143 g/mol. The van der Waals surface area contributed by atoms with E-state index in [-0.39, 0.29) is 0 Å². The second-order valence-electron chi connectivity index (χ2n) is 2.95. The van der Waals surface area contributed by atoms with Crippen molar-refractivity contribution in [3.05, 3.63) is 0 Å². The Morgan fingerprint density at radius 3 is 2.40 bits per heavy atom. The quantitative estimate of drug-likeness (QED) is 0.563. The fourth-order valence-corrected chi connectivity index (χ4v) is 1.15. The average Bonchev–Trinajstić information content (AvgIpc) is 1.89. The first kappa shape index (κ1) is 9.96. The molecule has 1 unspecified atom stereocenters. The molecule has 1 atom stereocenters. The van der Waals surface area contributed by atoms with Crippen LogP contribution in [0, 0.1) is 0 Å². The van der Waals surface area contributed by atoms with Gasteiger partial charge in [-0.3, -0.25) is 0 Å². The molecular formula is C9H21N. The van der Waals surface area contributed by atoms with Gasteiger partial charge in [0, 0.05) is 6.04 Å². The molecule has 0 heterocycles. The van der Waals surface area contributed by atoms with Crippen molar-refractivity contribution < 1.29 is 0 Å². The molecule has 0 saturated carbocycles. The lowest BCUT2D eigenvalue weighted by atomic mass is 10.1. The maximum Gasteiger partial charge on any atom is 0.00386 e. The summed E-state index contributed by atoms with van der Waals surface area (Å²) < 4.78 is 0.